The van der Waals surface area contributed by atoms with E-state index in [-0.39, 0.29) is 18.3 Å². The molecule has 1 aliphatic carbocycles. The highest BCUT2D eigenvalue weighted by Gasteiger charge is 2.31. The van der Waals surface area contributed by atoms with Crippen molar-refractivity contribution < 1.29 is 19.1 Å². The van der Waals surface area contributed by atoms with E-state index in [0.29, 0.717) is 30.3 Å². The summed E-state index contributed by atoms with van der Waals surface area (Å²) in [5.74, 6) is 7.40. The molecule has 1 atom stereocenters. The van der Waals surface area contributed by atoms with E-state index in [9.17, 15) is 4.79 Å². The van der Waals surface area contributed by atoms with Gasteiger partial charge in [0.25, 0.3) is 0 Å². The van der Waals surface area contributed by atoms with Crippen LogP contribution in [-0.4, -0.2) is 31.0 Å². The molecule has 0 spiro atoms. The minimum atomic E-state index is -0.529. The van der Waals surface area contributed by atoms with Crippen molar-refractivity contribution in [2.75, 3.05) is 13.7 Å². The van der Waals surface area contributed by atoms with Crippen LogP contribution in [0.3, 0.4) is 0 Å². The van der Waals surface area contributed by atoms with Gasteiger partial charge in [0.15, 0.2) is 0 Å². The Kier molecular flexibility index (Phi) is 11.3. The van der Waals surface area contributed by atoms with Crippen molar-refractivity contribution in [2.24, 2.45) is 28.3 Å². The number of nitrogens with zero attached hydrogens (tertiary/aromatic N) is 1. The van der Waals surface area contributed by atoms with Crippen molar-refractivity contribution in [3.05, 3.63) is 35.9 Å². The zero-order valence-electron chi connectivity index (χ0n) is 22.9. The summed E-state index contributed by atoms with van der Waals surface area (Å²) in [5, 5.41) is 4.22. The first kappa shape index (κ1) is 28.9. The topological polar surface area (TPSA) is 57.1 Å². The highest BCUT2D eigenvalue weighted by atomic mass is 16.6. The van der Waals surface area contributed by atoms with Gasteiger partial charge in [-0.25, -0.2) is 0 Å². The smallest absolute Gasteiger partial charge is 0.307 e. The molecule has 1 fully saturated rings. The fourth-order valence-electron chi connectivity index (χ4n) is 4.48. The maximum Gasteiger partial charge on any atom is 0.307 e. The summed E-state index contributed by atoms with van der Waals surface area (Å²) in [7, 11) is 1.53. The van der Waals surface area contributed by atoms with E-state index in [1.165, 1.54) is 13.5 Å². The van der Waals surface area contributed by atoms with E-state index in [2.05, 4.69) is 49.9 Å². The number of benzene rings is 1. The van der Waals surface area contributed by atoms with Gasteiger partial charge in [-0.05, 0) is 75.7 Å². The van der Waals surface area contributed by atoms with Gasteiger partial charge < -0.3 is 14.3 Å². The zero-order chi connectivity index (χ0) is 25.9. The Morgan fingerprint density at radius 3 is 2.40 bits per heavy atom. The van der Waals surface area contributed by atoms with Crippen LogP contribution in [0, 0.1) is 35.0 Å². The monoisotopic (exact) mass is 483 g/mol. The van der Waals surface area contributed by atoms with Gasteiger partial charge in [-0.15, -0.1) is 0 Å². The quantitative estimate of drug-likeness (QED) is 0.114. The molecule has 1 saturated carbocycles. The van der Waals surface area contributed by atoms with Crippen molar-refractivity contribution in [2.45, 2.75) is 92.3 Å². The molecule has 0 amide bonds. The van der Waals surface area contributed by atoms with E-state index in [1.807, 2.05) is 39.0 Å². The minimum Gasteiger partial charge on any atom is -0.460 e. The number of rotatable bonds is 11. The molecule has 5 nitrogen and oxygen atoms in total. The number of oxime groups is 1. The molecule has 0 bridgehead atoms. The van der Waals surface area contributed by atoms with E-state index < -0.39 is 5.60 Å². The average Bonchev–Trinajstić information content (AvgIpc) is 2.72. The highest BCUT2D eigenvalue weighted by Crippen LogP contribution is 2.40. The SMILES string of the molecule is CO/N=C(\C#C[C@H]1C[C@@H](CC(C)(C)C)C1)[C@@H](CCCOCc1ccccc1)CC(=O)OC(C)(C)C. The summed E-state index contributed by atoms with van der Waals surface area (Å²) < 4.78 is 11.4. The van der Waals surface area contributed by atoms with Crippen LogP contribution in [0.4, 0.5) is 0 Å². The van der Waals surface area contributed by atoms with Crippen LogP contribution < -0.4 is 0 Å². The summed E-state index contributed by atoms with van der Waals surface area (Å²) in [6.45, 7) is 13.7. The fraction of sp³-hybridized carbons (Fsp3) is 0.667. The molecule has 0 radical (unpaired) electrons. The van der Waals surface area contributed by atoms with Crippen molar-refractivity contribution >= 4 is 11.7 Å². The minimum absolute atomic E-state index is 0.164. The molecule has 0 aromatic heterocycles. The predicted octanol–water partition coefficient (Wildman–Crippen LogP) is 6.80. The molecule has 0 aliphatic heterocycles. The Labute approximate surface area is 213 Å². The molecule has 1 aromatic carbocycles. The van der Waals surface area contributed by atoms with Crippen molar-refractivity contribution in [3.63, 3.8) is 0 Å². The zero-order valence-corrected chi connectivity index (χ0v) is 22.9. The van der Waals surface area contributed by atoms with Crippen molar-refractivity contribution in [1.29, 1.82) is 0 Å². The first-order valence-corrected chi connectivity index (χ1v) is 12.9. The molecule has 0 unspecified atom stereocenters. The van der Waals surface area contributed by atoms with Gasteiger partial charge in [0, 0.05) is 18.4 Å². The van der Waals surface area contributed by atoms with Gasteiger partial charge in [0.1, 0.15) is 18.4 Å². The molecular formula is C30H45NO4. The molecule has 0 N–H and O–H groups in total. The first-order valence-electron chi connectivity index (χ1n) is 12.9. The Morgan fingerprint density at radius 1 is 1.11 bits per heavy atom. The summed E-state index contributed by atoms with van der Waals surface area (Å²) in [5.41, 5.74) is 1.60. The van der Waals surface area contributed by atoms with Crippen molar-refractivity contribution in [3.8, 4) is 11.8 Å². The van der Waals surface area contributed by atoms with Crippen LogP contribution >= 0.6 is 0 Å². The van der Waals surface area contributed by atoms with Gasteiger partial charge in [0.2, 0.25) is 0 Å². The van der Waals surface area contributed by atoms with Gasteiger partial charge >= 0.3 is 5.97 Å². The number of hydrogen-bond acceptors (Lipinski definition) is 5. The van der Waals surface area contributed by atoms with E-state index >= 15 is 0 Å². The van der Waals surface area contributed by atoms with E-state index in [1.54, 1.807) is 0 Å². The molecule has 5 heteroatoms. The van der Waals surface area contributed by atoms with E-state index in [4.69, 9.17) is 14.3 Å². The predicted molar refractivity (Wildman–Crippen MR) is 142 cm³/mol. The molecule has 2 rings (SSSR count). The fourth-order valence-corrected chi connectivity index (χ4v) is 4.48. The Hall–Kier alpha value is -2.32. The maximum absolute atomic E-state index is 12.6. The van der Waals surface area contributed by atoms with Gasteiger partial charge in [0.05, 0.1) is 13.0 Å². The lowest BCUT2D eigenvalue weighted by Crippen LogP contribution is -2.28. The molecular weight excluding hydrogens is 438 g/mol. The number of esters is 1. The van der Waals surface area contributed by atoms with Gasteiger partial charge in [-0.1, -0.05) is 62.2 Å². The molecule has 35 heavy (non-hydrogen) atoms. The Morgan fingerprint density at radius 2 is 1.80 bits per heavy atom. The molecule has 1 aliphatic rings. The highest BCUT2D eigenvalue weighted by molar-refractivity contribution is 6.03. The van der Waals surface area contributed by atoms with Crippen LogP contribution in [0.25, 0.3) is 0 Å². The number of hydrogen-bond donors (Lipinski definition) is 0. The third-order valence-electron chi connectivity index (χ3n) is 5.90. The standard InChI is InChI=1S/C30H45NO4/c1-29(2,3)21-25-18-24(19-25)15-16-27(31-33-7)26(20-28(32)35-30(4,5)6)14-11-17-34-22-23-12-9-8-10-13-23/h8-10,12-13,24-26H,11,14,17-22H2,1-7H3/b31-27+/t24-,25+,26-/m0/s1. The first-order chi connectivity index (χ1) is 16.4. The Balaban J connectivity index is 1.97. The maximum atomic E-state index is 12.6. The lowest BCUT2D eigenvalue weighted by molar-refractivity contribution is -0.155. The average molecular weight is 484 g/mol. The van der Waals surface area contributed by atoms with Crippen LogP contribution in [-0.2, 0) is 25.7 Å². The van der Waals surface area contributed by atoms with Gasteiger partial charge in [-0.3, -0.25) is 4.79 Å². The lowest BCUT2D eigenvalue weighted by atomic mass is 9.68. The number of carbonyl (C=O) groups is 1. The summed E-state index contributed by atoms with van der Waals surface area (Å²) in [6, 6.07) is 10.1. The van der Waals surface area contributed by atoms with Crippen LogP contribution in [0.2, 0.25) is 0 Å². The molecule has 194 valence electrons. The summed E-state index contributed by atoms with van der Waals surface area (Å²) in [4.78, 5) is 17.8. The number of carbonyl (C=O) groups excluding carboxylic acids is 1. The second kappa shape index (κ2) is 13.7. The number of ether oxygens (including phenoxy) is 2. The third kappa shape index (κ3) is 12.3. The van der Waals surface area contributed by atoms with Gasteiger partial charge in [-0.2, -0.15) is 0 Å². The third-order valence-corrected chi connectivity index (χ3v) is 5.90. The largest absolute Gasteiger partial charge is 0.460 e. The van der Waals surface area contributed by atoms with Crippen molar-refractivity contribution in [1.82, 2.24) is 0 Å². The second-order valence-electron chi connectivity index (χ2n) is 11.9. The summed E-state index contributed by atoms with van der Waals surface area (Å²) in [6.07, 6.45) is 5.24. The second-order valence-corrected chi connectivity index (χ2v) is 11.9. The summed E-state index contributed by atoms with van der Waals surface area (Å²) >= 11 is 0. The lowest BCUT2D eigenvalue weighted by Gasteiger charge is -2.36. The molecule has 0 heterocycles. The molecule has 0 saturated heterocycles. The van der Waals surface area contributed by atoms with Crippen LogP contribution in [0.1, 0.15) is 85.6 Å². The normalized spacial score (nSPS) is 19.2. The Bertz CT molecular complexity index is 862. The molecule has 1 aromatic rings. The van der Waals surface area contributed by atoms with Crippen LogP contribution in [0.5, 0.6) is 0 Å². The van der Waals surface area contributed by atoms with Crippen LogP contribution in [0.15, 0.2) is 35.5 Å². The van der Waals surface area contributed by atoms with E-state index in [0.717, 1.165) is 37.2 Å².